The number of hydrogen-bond acceptors (Lipinski definition) is 3. The lowest BCUT2D eigenvalue weighted by Crippen LogP contribution is -2.30. The number of nitrogens with zero attached hydrogens (tertiary/aromatic N) is 2. The Morgan fingerprint density at radius 3 is 2.58 bits per heavy atom. The Labute approximate surface area is 112 Å². The van der Waals surface area contributed by atoms with Gasteiger partial charge in [0, 0.05) is 31.5 Å². The summed E-state index contributed by atoms with van der Waals surface area (Å²) >= 11 is 0. The summed E-state index contributed by atoms with van der Waals surface area (Å²) in [5, 5.41) is 0. The minimum atomic E-state index is -0.227. The molecule has 2 aromatic rings. The van der Waals surface area contributed by atoms with Gasteiger partial charge in [0.15, 0.2) is 0 Å². The van der Waals surface area contributed by atoms with Crippen LogP contribution in [-0.4, -0.2) is 23.5 Å². The second-order valence-corrected chi connectivity index (χ2v) is 4.58. The number of rotatable bonds is 5. The molecular formula is C15H18FN3. The van der Waals surface area contributed by atoms with Crippen LogP contribution in [0.1, 0.15) is 17.2 Å². The molecule has 2 N–H and O–H groups in total. The first-order valence-corrected chi connectivity index (χ1v) is 6.25. The molecule has 1 aromatic heterocycles. The summed E-state index contributed by atoms with van der Waals surface area (Å²) in [6.45, 7) is 1.25. The van der Waals surface area contributed by atoms with Gasteiger partial charge in [0.05, 0.1) is 0 Å². The number of likely N-dealkylation sites (N-methyl/N-ethyl adjacent to an activating group) is 1. The highest BCUT2D eigenvalue weighted by Crippen LogP contribution is 2.20. The van der Waals surface area contributed by atoms with Gasteiger partial charge in [0.1, 0.15) is 5.82 Å². The van der Waals surface area contributed by atoms with Crippen LogP contribution < -0.4 is 5.73 Å². The molecule has 1 unspecified atom stereocenters. The third-order valence-corrected chi connectivity index (χ3v) is 3.16. The number of halogens is 1. The summed E-state index contributed by atoms with van der Waals surface area (Å²) < 4.78 is 12.9. The molecule has 0 radical (unpaired) electrons. The van der Waals surface area contributed by atoms with Crippen molar-refractivity contribution in [3.8, 4) is 0 Å². The van der Waals surface area contributed by atoms with Gasteiger partial charge >= 0.3 is 0 Å². The maximum Gasteiger partial charge on any atom is 0.123 e. The van der Waals surface area contributed by atoms with Crippen LogP contribution in [0.15, 0.2) is 48.8 Å². The lowest BCUT2D eigenvalue weighted by Gasteiger charge is -2.27. The maximum atomic E-state index is 12.9. The Hall–Kier alpha value is -1.78. The molecule has 0 spiro atoms. The van der Waals surface area contributed by atoms with E-state index in [1.165, 1.54) is 12.1 Å². The van der Waals surface area contributed by atoms with Gasteiger partial charge in [-0.2, -0.15) is 0 Å². The topological polar surface area (TPSA) is 42.2 Å². The molecule has 100 valence electrons. The molecular weight excluding hydrogens is 241 g/mol. The van der Waals surface area contributed by atoms with Gasteiger partial charge in [-0.15, -0.1) is 0 Å². The number of aromatic nitrogens is 1. The zero-order valence-corrected chi connectivity index (χ0v) is 11.0. The van der Waals surface area contributed by atoms with Crippen molar-refractivity contribution in [3.05, 3.63) is 65.7 Å². The standard InChI is InChI=1S/C15H18FN3/c1-19(11-12-3-2-8-18-10-12)15(9-17)13-4-6-14(16)7-5-13/h2-8,10,15H,9,11,17H2,1H3. The van der Waals surface area contributed by atoms with Crippen molar-refractivity contribution in [1.82, 2.24) is 9.88 Å². The van der Waals surface area contributed by atoms with Crippen molar-refractivity contribution in [2.75, 3.05) is 13.6 Å². The fourth-order valence-electron chi connectivity index (χ4n) is 2.15. The van der Waals surface area contributed by atoms with Gasteiger partial charge < -0.3 is 5.73 Å². The zero-order chi connectivity index (χ0) is 13.7. The van der Waals surface area contributed by atoms with E-state index in [9.17, 15) is 4.39 Å². The largest absolute Gasteiger partial charge is 0.329 e. The van der Waals surface area contributed by atoms with Crippen molar-refractivity contribution in [2.45, 2.75) is 12.6 Å². The van der Waals surface area contributed by atoms with E-state index in [0.29, 0.717) is 6.54 Å². The Morgan fingerprint density at radius 1 is 1.26 bits per heavy atom. The second-order valence-electron chi connectivity index (χ2n) is 4.58. The fourth-order valence-corrected chi connectivity index (χ4v) is 2.15. The van der Waals surface area contributed by atoms with Gasteiger partial charge in [-0.1, -0.05) is 18.2 Å². The molecule has 1 atom stereocenters. The van der Waals surface area contributed by atoms with Crippen molar-refractivity contribution in [3.63, 3.8) is 0 Å². The van der Waals surface area contributed by atoms with E-state index in [1.54, 1.807) is 18.3 Å². The normalized spacial score (nSPS) is 12.6. The highest BCUT2D eigenvalue weighted by molar-refractivity contribution is 5.21. The molecule has 2 rings (SSSR count). The van der Waals surface area contributed by atoms with Crippen LogP contribution in [0.25, 0.3) is 0 Å². The number of benzene rings is 1. The smallest absolute Gasteiger partial charge is 0.123 e. The van der Waals surface area contributed by atoms with Crippen molar-refractivity contribution < 1.29 is 4.39 Å². The third kappa shape index (κ3) is 3.59. The summed E-state index contributed by atoms with van der Waals surface area (Å²) in [5.41, 5.74) is 8.00. The monoisotopic (exact) mass is 259 g/mol. The van der Waals surface area contributed by atoms with Crippen molar-refractivity contribution in [2.24, 2.45) is 5.73 Å². The van der Waals surface area contributed by atoms with Crippen LogP contribution in [0.4, 0.5) is 4.39 Å². The van der Waals surface area contributed by atoms with Crippen LogP contribution in [0.2, 0.25) is 0 Å². The van der Waals surface area contributed by atoms with Gasteiger partial charge in [0.25, 0.3) is 0 Å². The van der Waals surface area contributed by atoms with E-state index in [4.69, 9.17) is 5.73 Å². The second kappa shape index (κ2) is 6.41. The van der Waals surface area contributed by atoms with Crippen LogP contribution in [0.5, 0.6) is 0 Å². The predicted octanol–water partition coefficient (Wildman–Crippen LogP) is 2.35. The van der Waals surface area contributed by atoms with Crippen LogP contribution in [0.3, 0.4) is 0 Å². The van der Waals surface area contributed by atoms with Gasteiger partial charge in [0.2, 0.25) is 0 Å². The molecule has 3 nitrogen and oxygen atoms in total. The molecule has 1 heterocycles. The number of pyridine rings is 1. The fraction of sp³-hybridized carbons (Fsp3) is 0.267. The van der Waals surface area contributed by atoms with Crippen LogP contribution >= 0.6 is 0 Å². The molecule has 1 aromatic carbocycles. The highest BCUT2D eigenvalue weighted by atomic mass is 19.1. The minimum Gasteiger partial charge on any atom is -0.329 e. The van der Waals surface area contributed by atoms with E-state index < -0.39 is 0 Å². The molecule has 0 fully saturated rings. The first-order chi connectivity index (χ1) is 9.20. The van der Waals surface area contributed by atoms with E-state index in [2.05, 4.69) is 9.88 Å². The van der Waals surface area contributed by atoms with Gasteiger partial charge in [-0.25, -0.2) is 4.39 Å². The summed E-state index contributed by atoms with van der Waals surface area (Å²) in [5.74, 6) is -0.227. The van der Waals surface area contributed by atoms with E-state index in [1.807, 2.05) is 25.4 Å². The molecule has 0 aliphatic heterocycles. The van der Waals surface area contributed by atoms with Crippen LogP contribution in [-0.2, 0) is 6.54 Å². The maximum absolute atomic E-state index is 12.9. The molecule has 0 saturated carbocycles. The Balaban J connectivity index is 2.11. The highest BCUT2D eigenvalue weighted by Gasteiger charge is 2.15. The van der Waals surface area contributed by atoms with E-state index >= 15 is 0 Å². The van der Waals surface area contributed by atoms with Crippen molar-refractivity contribution in [1.29, 1.82) is 0 Å². The minimum absolute atomic E-state index is 0.0702. The predicted molar refractivity (Wildman–Crippen MR) is 73.9 cm³/mol. The summed E-state index contributed by atoms with van der Waals surface area (Å²) in [6.07, 6.45) is 3.60. The first kappa shape index (κ1) is 13.6. The molecule has 0 aliphatic rings. The molecule has 0 bridgehead atoms. The third-order valence-electron chi connectivity index (χ3n) is 3.16. The number of nitrogens with two attached hydrogens (primary N) is 1. The molecule has 4 heteroatoms. The summed E-state index contributed by atoms with van der Waals surface area (Å²) in [4.78, 5) is 6.24. The van der Waals surface area contributed by atoms with Gasteiger partial charge in [-0.05, 0) is 36.4 Å². The molecule has 0 amide bonds. The SMILES string of the molecule is CN(Cc1cccnc1)C(CN)c1ccc(F)cc1. The average molecular weight is 259 g/mol. The Bertz CT molecular complexity index is 499. The molecule has 0 saturated heterocycles. The summed E-state index contributed by atoms with van der Waals surface area (Å²) in [7, 11) is 2.01. The first-order valence-electron chi connectivity index (χ1n) is 6.25. The summed E-state index contributed by atoms with van der Waals surface area (Å²) in [6, 6.07) is 10.5. The Morgan fingerprint density at radius 2 is 2.00 bits per heavy atom. The van der Waals surface area contributed by atoms with Gasteiger partial charge in [-0.3, -0.25) is 9.88 Å². The van der Waals surface area contributed by atoms with E-state index in [-0.39, 0.29) is 11.9 Å². The molecule has 0 aliphatic carbocycles. The number of hydrogen-bond donors (Lipinski definition) is 1. The van der Waals surface area contributed by atoms with Crippen LogP contribution in [0, 0.1) is 5.82 Å². The van der Waals surface area contributed by atoms with Crippen molar-refractivity contribution >= 4 is 0 Å². The molecule has 19 heavy (non-hydrogen) atoms. The lowest BCUT2D eigenvalue weighted by atomic mass is 10.1. The van der Waals surface area contributed by atoms with E-state index in [0.717, 1.165) is 17.7 Å². The Kier molecular flexibility index (Phi) is 4.60. The zero-order valence-electron chi connectivity index (χ0n) is 11.0. The average Bonchev–Trinajstić information content (AvgIpc) is 2.43. The quantitative estimate of drug-likeness (QED) is 0.896. The lowest BCUT2D eigenvalue weighted by molar-refractivity contribution is 0.241.